The normalized spacial score (nSPS) is 13.0. The molecule has 0 aliphatic carbocycles. The SMILES string of the molecule is C=C(CC/C=C(\CCC=C(C)C)C(=O)O)[C@H](O)CC/C(C)=C/Cc1cc(O)cc(C)c1O. The first-order valence-corrected chi connectivity index (χ1v) is 11.1. The van der Waals surface area contributed by atoms with Gasteiger partial charge in [0.2, 0.25) is 0 Å². The fourth-order valence-electron chi connectivity index (χ4n) is 3.35. The van der Waals surface area contributed by atoms with Crippen molar-refractivity contribution in [3.05, 3.63) is 70.4 Å². The van der Waals surface area contributed by atoms with Gasteiger partial charge in [-0.3, -0.25) is 0 Å². The fraction of sp³-hybridized carbons (Fsp3) is 0.444. The molecule has 1 rings (SSSR count). The van der Waals surface area contributed by atoms with E-state index in [-0.39, 0.29) is 11.5 Å². The number of phenolic OH excluding ortho intramolecular Hbond substituents is 2. The fourth-order valence-corrected chi connectivity index (χ4v) is 3.35. The number of aromatic hydroxyl groups is 2. The minimum atomic E-state index is -0.896. The zero-order valence-electron chi connectivity index (χ0n) is 19.8. The van der Waals surface area contributed by atoms with Crippen molar-refractivity contribution in [3.63, 3.8) is 0 Å². The summed E-state index contributed by atoms with van der Waals surface area (Å²) in [6, 6.07) is 3.08. The van der Waals surface area contributed by atoms with Crippen LogP contribution in [0.2, 0.25) is 0 Å². The van der Waals surface area contributed by atoms with Crippen molar-refractivity contribution in [2.45, 2.75) is 78.7 Å². The van der Waals surface area contributed by atoms with Crippen LogP contribution in [0, 0.1) is 6.92 Å². The predicted molar refractivity (Wildman–Crippen MR) is 130 cm³/mol. The molecule has 0 aliphatic rings. The van der Waals surface area contributed by atoms with E-state index >= 15 is 0 Å². The molecule has 5 heteroatoms. The van der Waals surface area contributed by atoms with E-state index < -0.39 is 12.1 Å². The molecule has 176 valence electrons. The number of hydrogen-bond acceptors (Lipinski definition) is 4. The number of aliphatic hydroxyl groups is 1. The van der Waals surface area contributed by atoms with Crippen LogP contribution in [0.5, 0.6) is 11.5 Å². The number of carbonyl (C=O) groups is 1. The second-order valence-electron chi connectivity index (χ2n) is 8.63. The number of allylic oxidation sites excluding steroid dienone is 5. The first-order valence-electron chi connectivity index (χ1n) is 11.1. The van der Waals surface area contributed by atoms with Gasteiger partial charge in [-0.15, -0.1) is 0 Å². The average molecular weight is 443 g/mol. The van der Waals surface area contributed by atoms with Gasteiger partial charge in [0.25, 0.3) is 0 Å². The smallest absolute Gasteiger partial charge is 0.331 e. The third-order valence-corrected chi connectivity index (χ3v) is 5.42. The van der Waals surface area contributed by atoms with Crippen molar-refractivity contribution in [1.82, 2.24) is 0 Å². The number of hydrogen-bond donors (Lipinski definition) is 4. The van der Waals surface area contributed by atoms with Crippen LogP contribution in [0.1, 0.15) is 70.4 Å². The maximum atomic E-state index is 11.4. The number of phenols is 2. The lowest BCUT2D eigenvalue weighted by Crippen LogP contribution is -2.09. The van der Waals surface area contributed by atoms with E-state index in [2.05, 4.69) is 6.58 Å². The highest BCUT2D eigenvalue weighted by Crippen LogP contribution is 2.28. The van der Waals surface area contributed by atoms with Gasteiger partial charge in [-0.25, -0.2) is 4.79 Å². The molecule has 1 aromatic rings. The summed E-state index contributed by atoms with van der Waals surface area (Å²) in [5.74, 6) is -0.577. The molecule has 0 saturated heterocycles. The highest BCUT2D eigenvalue weighted by Gasteiger charge is 2.11. The maximum absolute atomic E-state index is 11.4. The van der Waals surface area contributed by atoms with E-state index in [1.807, 2.05) is 32.9 Å². The molecule has 0 heterocycles. The van der Waals surface area contributed by atoms with E-state index in [4.69, 9.17) is 0 Å². The van der Waals surface area contributed by atoms with E-state index in [9.17, 15) is 25.2 Å². The van der Waals surface area contributed by atoms with Crippen molar-refractivity contribution in [2.75, 3.05) is 0 Å². The lowest BCUT2D eigenvalue weighted by molar-refractivity contribution is -0.132. The molecule has 0 fully saturated rings. The second kappa shape index (κ2) is 13.6. The summed E-state index contributed by atoms with van der Waals surface area (Å²) in [6.07, 6.45) is 9.08. The quantitative estimate of drug-likeness (QED) is 0.167. The molecule has 4 N–H and O–H groups in total. The van der Waals surface area contributed by atoms with Gasteiger partial charge in [0.1, 0.15) is 11.5 Å². The Morgan fingerprint density at radius 2 is 1.69 bits per heavy atom. The lowest BCUT2D eigenvalue weighted by Gasteiger charge is -2.14. The van der Waals surface area contributed by atoms with Crippen LogP contribution in [0.3, 0.4) is 0 Å². The van der Waals surface area contributed by atoms with Gasteiger partial charge >= 0.3 is 5.97 Å². The van der Waals surface area contributed by atoms with Gasteiger partial charge in [-0.1, -0.05) is 36.0 Å². The monoisotopic (exact) mass is 442 g/mol. The van der Waals surface area contributed by atoms with Crippen LogP contribution in [0.4, 0.5) is 0 Å². The highest BCUT2D eigenvalue weighted by molar-refractivity contribution is 5.86. The number of aliphatic hydroxyl groups excluding tert-OH is 1. The molecule has 1 aromatic carbocycles. The topological polar surface area (TPSA) is 98.0 Å². The van der Waals surface area contributed by atoms with Crippen LogP contribution in [0.25, 0.3) is 0 Å². The Morgan fingerprint density at radius 1 is 1.03 bits per heavy atom. The van der Waals surface area contributed by atoms with Crippen molar-refractivity contribution >= 4 is 5.97 Å². The molecule has 32 heavy (non-hydrogen) atoms. The summed E-state index contributed by atoms with van der Waals surface area (Å²) >= 11 is 0. The lowest BCUT2D eigenvalue weighted by atomic mass is 9.97. The number of carboxylic acids is 1. The molecule has 0 unspecified atom stereocenters. The molecule has 0 aliphatic heterocycles. The number of carboxylic acid groups (broad SMARTS) is 1. The van der Waals surface area contributed by atoms with Crippen molar-refractivity contribution in [1.29, 1.82) is 0 Å². The minimum absolute atomic E-state index is 0.130. The summed E-state index contributed by atoms with van der Waals surface area (Å²) in [6.45, 7) is 11.7. The predicted octanol–water partition coefficient (Wildman–Crippen LogP) is 6.13. The van der Waals surface area contributed by atoms with Crippen LogP contribution in [0.15, 0.2) is 59.2 Å². The molecular formula is C27H38O5. The third kappa shape index (κ3) is 10.0. The molecule has 0 amide bonds. The number of aryl methyl sites for hydroxylation is 1. The van der Waals surface area contributed by atoms with Gasteiger partial charge in [-0.05, 0) is 95.9 Å². The molecule has 1 atom stereocenters. The zero-order valence-corrected chi connectivity index (χ0v) is 19.8. The van der Waals surface area contributed by atoms with Gasteiger partial charge in [0.15, 0.2) is 0 Å². The number of rotatable bonds is 13. The summed E-state index contributed by atoms with van der Waals surface area (Å²) in [7, 11) is 0. The van der Waals surface area contributed by atoms with Crippen LogP contribution in [-0.4, -0.2) is 32.5 Å². The maximum Gasteiger partial charge on any atom is 0.331 e. The van der Waals surface area contributed by atoms with Crippen LogP contribution in [-0.2, 0) is 11.2 Å². The standard InChI is InChI=1S/C27H38O5/c1-18(2)8-6-10-22(27(31)32)11-7-9-20(4)25(29)15-13-19(3)12-14-23-17-24(28)16-21(5)26(23)30/h8,11-12,16-17,25,28-30H,4,6-7,9-10,13-15H2,1-3,5H3,(H,31,32)/b19-12+,22-11+/t25-/m1/s1. The number of benzene rings is 1. The highest BCUT2D eigenvalue weighted by atomic mass is 16.4. The Bertz CT molecular complexity index is 886. The van der Waals surface area contributed by atoms with Crippen molar-refractivity contribution < 1.29 is 25.2 Å². The molecule has 0 radical (unpaired) electrons. The molecule has 0 spiro atoms. The van der Waals surface area contributed by atoms with E-state index in [1.165, 1.54) is 11.6 Å². The Labute approximate surface area is 192 Å². The summed E-state index contributed by atoms with van der Waals surface area (Å²) in [5.41, 5.74) is 4.64. The second-order valence-corrected chi connectivity index (χ2v) is 8.63. The number of aliphatic carboxylic acids is 1. The Morgan fingerprint density at radius 3 is 2.31 bits per heavy atom. The first-order chi connectivity index (χ1) is 15.0. The third-order valence-electron chi connectivity index (χ3n) is 5.42. The van der Waals surface area contributed by atoms with Crippen molar-refractivity contribution in [2.24, 2.45) is 0 Å². The Balaban J connectivity index is 2.51. The van der Waals surface area contributed by atoms with Crippen LogP contribution >= 0.6 is 0 Å². The summed E-state index contributed by atoms with van der Waals surface area (Å²) < 4.78 is 0. The van der Waals surface area contributed by atoms with E-state index in [0.29, 0.717) is 67.2 Å². The van der Waals surface area contributed by atoms with Crippen LogP contribution < -0.4 is 0 Å². The molecule has 0 bridgehead atoms. The van der Waals surface area contributed by atoms with Gasteiger partial charge in [-0.2, -0.15) is 0 Å². The molecule has 0 saturated carbocycles. The van der Waals surface area contributed by atoms with E-state index in [1.54, 1.807) is 19.1 Å². The minimum Gasteiger partial charge on any atom is -0.508 e. The molecule has 0 aromatic heterocycles. The molecule has 5 nitrogen and oxygen atoms in total. The van der Waals surface area contributed by atoms with Gasteiger partial charge in [0.05, 0.1) is 6.10 Å². The molecular weight excluding hydrogens is 404 g/mol. The summed E-state index contributed by atoms with van der Waals surface area (Å²) in [5, 5.41) is 39.6. The van der Waals surface area contributed by atoms with Gasteiger partial charge in [0, 0.05) is 11.1 Å². The van der Waals surface area contributed by atoms with Gasteiger partial charge < -0.3 is 20.4 Å². The average Bonchev–Trinajstić information content (AvgIpc) is 2.71. The first kappa shape index (κ1) is 27.2. The van der Waals surface area contributed by atoms with E-state index in [0.717, 1.165) is 5.57 Å². The zero-order chi connectivity index (χ0) is 24.3. The largest absolute Gasteiger partial charge is 0.508 e. The van der Waals surface area contributed by atoms with Crippen molar-refractivity contribution in [3.8, 4) is 11.5 Å². The Kier molecular flexibility index (Phi) is 11.6. The Hall–Kier alpha value is -2.79. The summed E-state index contributed by atoms with van der Waals surface area (Å²) in [4.78, 5) is 11.4.